The van der Waals surface area contributed by atoms with Crippen LogP contribution in [0.1, 0.15) is 5.56 Å². The summed E-state index contributed by atoms with van der Waals surface area (Å²) in [5.41, 5.74) is 2.35. The molecular formula is C14H9ClN2O2S. The maximum Gasteiger partial charge on any atom is 0.273 e. The standard InChI is InChI=1S/C14H9ClN2O2S/c1-8-2-3-9(6-12(8)17(18)19)14-16-11-5-4-10(15)7-13(11)20-14/h2-7H,1H3. The smallest absolute Gasteiger partial charge is 0.258 e. The molecule has 1 aromatic heterocycles. The molecule has 0 amide bonds. The van der Waals surface area contributed by atoms with E-state index >= 15 is 0 Å². The average Bonchev–Trinajstić information content (AvgIpc) is 2.81. The van der Waals surface area contributed by atoms with E-state index in [1.165, 1.54) is 11.3 Å². The van der Waals surface area contributed by atoms with Gasteiger partial charge in [0.1, 0.15) is 5.01 Å². The van der Waals surface area contributed by atoms with E-state index in [1.54, 1.807) is 25.1 Å². The first-order valence-corrected chi connectivity index (χ1v) is 7.05. The van der Waals surface area contributed by atoms with Crippen LogP contribution in [0.5, 0.6) is 0 Å². The molecule has 4 nitrogen and oxygen atoms in total. The minimum absolute atomic E-state index is 0.111. The molecule has 3 aromatic rings. The Morgan fingerprint density at radius 3 is 2.80 bits per heavy atom. The Bertz CT molecular complexity index is 829. The van der Waals surface area contributed by atoms with E-state index in [2.05, 4.69) is 4.98 Å². The largest absolute Gasteiger partial charge is 0.273 e. The van der Waals surface area contributed by atoms with Crippen molar-refractivity contribution in [2.24, 2.45) is 0 Å². The summed E-state index contributed by atoms with van der Waals surface area (Å²) >= 11 is 7.42. The Balaban J connectivity index is 2.15. The van der Waals surface area contributed by atoms with Gasteiger partial charge in [-0.3, -0.25) is 10.1 Å². The summed E-state index contributed by atoms with van der Waals surface area (Å²) in [6, 6.07) is 10.6. The van der Waals surface area contributed by atoms with Crippen molar-refractivity contribution < 1.29 is 4.92 Å². The zero-order valence-corrected chi connectivity index (χ0v) is 12.0. The summed E-state index contributed by atoms with van der Waals surface area (Å²) in [6.45, 7) is 1.72. The van der Waals surface area contributed by atoms with Gasteiger partial charge in [-0.15, -0.1) is 11.3 Å². The molecule has 1 heterocycles. The van der Waals surface area contributed by atoms with E-state index in [1.807, 2.05) is 18.2 Å². The number of fused-ring (bicyclic) bond motifs is 1. The molecule has 0 saturated carbocycles. The van der Waals surface area contributed by atoms with Crippen molar-refractivity contribution in [2.75, 3.05) is 0 Å². The Hall–Kier alpha value is -1.98. The molecule has 2 aromatic carbocycles. The number of halogens is 1. The van der Waals surface area contributed by atoms with Gasteiger partial charge in [-0.2, -0.15) is 0 Å². The molecule has 0 aliphatic carbocycles. The monoisotopic (exact) mass is 304 g/mol. The third kappa shape index (κ3) is 2.26. The maximum absolute atomic E-state index is 11.0. The van der Waals surface area contributed by atoms with Crippen molar-refractivity contribution in [1.29, 1.82) is 0 Å². The van der Waals surface area contributed by atoms with Gasteiger partial charge >= 0.3 is 0 Å². The highest BCUT2D eigenvalue weighted by molar-refractivity contribution is 7.21. The lowest BCUT2D eigenvalue weighted by Crippen LogP contribution is -1.91. The molecule has 0 aliphatic heterocycles. The lowest BCUT2D eigenvalue weighted by atomic mass is 10.1. The van der Waals surface area contributed by atoms with Crippen molar-refractivity contribution >= 4 is 38.8 Å². The Kier molecular flexibility index (Phi) is 3.16. The summed E-state index contributed by atoms with van der Waals surface area (Å²) in [7, 11) is 0. The number of hydrogen-bond acceptors (Lipinski definition) is 4. The highest BCUT2D eigenvalue weighted by atomic mass is 35.5. The number of aryl methyl sites for hydroxylation is 1. The highest BCUT2D eigenvalue weighted by Gasteiger charge is 2.14. The third-order valence-corrected chi connectivity index (χ3v) is 4.31. The lowest BCUT2D eigenvalue weighted by Gasteiger charge is -1.99. The quantitative estimate of drug-likeness (QED) is 0.503. The summed E-state index contributed by atoms with van der Waals surface area (Å²) in [5.74, 6) is 0. The first-order chi connectivity index (χ1) is 9.54. The minimum Gasteiger partial charge on any atom is -0.258 e. The number of nitrogens with zero attached hydrogens (tertiary/aromatic N) is 2. The number of hydrogen-bond donors (Lipinski definition) is 0. The predicted octanol–water partition coefficient (Wildman–Crippen LogP) is 4.83. The van der Waals surface area contributed by atoms with Crippen LogP contribution in [0.15, 0.2) is 36.4 Å². The van der Waals surface area contributed by atoms with Crippen molar-refractivity contribution in [3.8, 4) is 10.6 Å². The van der Waals surface area contributed by atoms with Crippen LogP contribution in [0, 0.1) is 17.0 Å². The lowest BCUT2D eigenvalue weighted by molar-refractivity contribution is -0.385. The van der Waals surface area contributed by atoms with E-state index < -0.39 is 0 Å². The Labute approximate surface area is 123 Å². The van der Waals surface area contributed by atoms with Crippen LogP contribution in [0.3, 0.4) is 0 Å². The van der Waals surface area contributed by atoms with Gasteiger partial charge < -0.3 is 0 Å². The van der Waals surface area contributed by atoms with Crippen molar-refractivity contribution in [1.82, 2.24) is 4.98 Å². The summed E-state index contributed by atoms with van der Waals surface area (Å²) in [5, 5.41) is 12.4. The molecule has 0 fully saturated rings. The van der Waals surface area contributed by atoms with Crippen LogP contribution >= 0.6 is 22.9 Å². The second-order valence-electron chi connectivity index (χ2n) is 4.39. The number of nitro benzene ring substituents is 1. The number of thiazole rings is 1. The molecule has 3 rings (SSSR count). The number of benzene rings is 2. The fourth-order valence-electron chi connectivity index (χ4n) is 1.96. The van der Waals surface area contributed by atoms with Gasteiger partial charge in [-0.05, 0) is 25.1 Å². The van der Waals surface area contributed by atoms with Gasteiger partial charge in [0, 0.05) is 22.2 Å². The molecular weight excluding hydrogens is 296 g/mol. The highest BCUT2D eigenvalue weighted by Crippen LogP contribution is 2.33. The zero-order chi connectivity index (χ0) is 14.3. The Morgan fingerprint density at radius 2 is 2.05 bits per heavy atom. The van der Waals surface area contributed by atoms with Crippen molar-refractivity contribution in [3.63, 3.8) is 0 Å². The average molecular weight is 305 g/mol. The van der Waals surface area contributed by atoms with Gasteiger partial charge in [-0.25, -0.2) is 4.98 Å². The fraction of sp³-hybridized carbons (Fsp3) is 0.0714. The van der Waals surface area contributed by atoms with E-state index in [0.717, 1.165) is 20.8 Å². The molecule has 0 atom stereocenters. The molecule has 0 saturated heterocycles. The molecule has 0 bridgehead atoms. The fourth-order valence-corrected chi connectivity index (χ4v) is 3.20. The third-order valence-electron chi connectivity index (χ3n) is 3.00. The number of nitro groups is 1. The number of aromatic nitrogens is 1. The van der Waals surface area contributed by atoms with Crippen LogP contribution in [-0.2, 0) is 0 Å². The van der Waals surface area contributed by atoms with Crippen LogP contribution in [0.4, 0.5) is 5.69 Å². The molecule has 0 unspecified atom stereocenters. The maximum atomic E-state index is 11.0. The molecule has 100 valence electrons. The second-order valence-corrected chi connectivity index (χ2v) is 5.86. The molecule has 6 heteroatoms. The van der Waals surface area contributed by atoms with E-state index in [0.29, 0.717) is 10.6 Å². The molecule has 0 radical (unpaired) electrons. The minimum atomic E-state index is -0.372. The van der Waals surface area contributed by atoms with Crippen LogP contribution in [0.2, 0.25) is 5.02 Å². The van der Waals surface area contributed by atoms with Crippen molar-refractivity contribution in [2.45, 2.75) is 6.92 Å². The van der Waals surface area contributed by atoms with Gasteiger partial charge in [0.2, 0.25) is 0 Å². The summed E-state index contributed by atoms with van der Waals surface area (Å²) < 4.78 is 0.968. The topological polar surface area (TPSA) is 56.0 Å². The van der Waals surface area contributed by atoms with E-state index in [4.69, 9.17) is 11.6 Å². The predicted molar refractivity (Wildman–Crippen MR) is 81.5 cm³/mol. The number of rotatable bonds is 2. The molecule has 0 aliphatic rings. The Morgan fingerprint density at radius 1 is 1.25 bits per heavy atom. The van der Waals surface area contributed by atoms with Crippen LogP contribution < -0.4 is 0 Å². The first kappa shape index (κ1) is 13.0. The van der Waals surface area contributed by atoms with E-state index in [-0.39, 0.29) is 10.6 Å². The summed E-state index contributed by atoms with van der Waals surface area (Å²) in [6.07, 6.45) is 0. The van der Waals surface area contributed by atoms with E-state index in [9.17, 15) is 10.1 Å². The SMILES string of the molecule is Cc1ccc(-c2nc3ccc(Cl)cc3s2)cc1[N+](=O)[O-]. The first-order valence-electron chi connectivity index (χ1n) is 5.86. The zero-order valence-electron chi connectivity index (χ0n) is 10.5. The second kappa shape index (κ2) is 4.85. The normalized spacial score (nSPS) is 10.9. The summed E-state index contributed by atoms with van der Waals surface area (Å²) in [4.78, 5) is 15.1. The van der Waals surface area contributed by atoms with Gasteiger partial charge in [0.25, 0.3) is 5.69 Å². The van der Waals surface area contributed by atoms with Crippen LogP contribution in [0.25, 0.3) is 20.8 Å². The van der Waals surface area contributed by atoms with Gasteiger partial charge in [0.05, 0.1) is 15.1 Å². The molecule has 0 N–H and O–H groups in total. The van der Waals surface area contributed by atoms with Gasteiger partial charge in [0.15, 0.2) is 0 Å². The molecule has 0 spiro atoms. The van der Waals surface area contributed by atoms with Crippen molar-refractivity contribution in [3.05, 3.63) is 57.1 Å². The molecule has 20 heavy (non-hydrogen) atoms. The van der Waals surface area contributed by atoms with Gasteiger partial charge in [-0.1, -0.05) is 23.7 Å². The van der Waals surface area contributed by atoms with Crippen LogP contribution in [-0.4, -0.2) is 9.91 Å².